The fourth-order valence-electron chi connectivity index (χ4n) is 6.64. The highest BCUT2D eigenvalue weighted by molar-refractivity contribution is 5.26. The highest BCUT2D eigenvalue weighted by Crippen LogP contribution is 2.34. The Morgan fingerprint density at radius 2 is 1.37 bits per heavy atom. The zero-order valence-corrected chi connectivity index (χ0v) is 25.5. The molecule has 0 amide bonds. The van der Waals surface area contributed by atoms with Gasteiger partial charge in [-0.25, -0.2) is 0 Å². The van der Waals surface area contributed by atoms with Crippen molar-refractivity contribution in [3.63, 3.8) is 0 Å². The summed E-state index contributed by atoms with van der Waals surface area (Å²) in [4.78, 5) is 7.98. The van der Waals surface area contributed by atoms with Crippen LogP contribution in [0.5, 0.6) is 0 Å². The standard InChI is InChI=1S/C18H28N2.C17H27N/c1-13(2)16-7-5-6-15(8-16)10-20-17-9-18(20)12-19(11-17)14(3)4;1-4-15-6-5-7-16(12-15)13-18-10-8-17(9-11-18)14(2)3/h5-8,13-14,17-18H,9-12H2,1-4H3;5-7,12,14,17H,4,8-11,13H2,1-3H3. The summed E-state index contributed by atoms with van der Waals surface area (Å²) in [6.45, 7) is 23.5. The van der Waals surface area contributed by atoms with Crippen molar-refractivity contribution >= 4 is 0 Å². The quantitative estimate of drug-likeness (QED) is 0.357. The summed E-state index contributed by atoms with van der Waals surface area (Å²) in [6, 6.07) is 20.5. The molecule has 0 radical (unpaired) electrons. The lowest BCUT2D eigenvalue weighted by Gasteiger charge is -2.57. The van der Waals surface area contributed by atoms with Gasteiger partial charge in [-0.1, -0.05) is 83.1 Å². The fraction of sp³-hybridized carbons (Fsp3) is 0.657. The monoisotopic (exact) mass is 517 g/mol. The largest absolute Gasteiger partial charge is 0.299 e. The number of nitrogens with zero attached hydrogens (tertiary/aromatic N) is 3. The average molecular weight is 518 g/mol. The third-order valence-corrected chi connectivity index (χ3v) is 9.47. The number of benzene rings is 2. The molecule has 3 aliphatic heterocycles. The van der Waals surface area contributed by atoms with E-state index < -0.39 is 0 Å². The lowest BCUT2D eigenvalue weighted by molar-refractivity contribution is -0.0835. The number of piperazine rings is 1. The summed E-state index contributed by atoms with van der Waals surface area (Å²) in [7, 11) is 0. The predicted octanol–water partition coefficient (Wildman–Crippen LogP) is 7.59. The van der Waals surface area contributed by atoms with Crippen molar-refractivity contribution in [3.05, 3.63) is 70.8 Å². The van der Waals surface area contributed by atoms with Crippen molar-refractivity contribution in [1.82, 2.24) is 14.7 Å². The first-order valence-corrected chi connectivity index (χ1v) is 15.6. The molecule has 3 fully saturated rings. The Kier molecular flexibility index (Phi) is 10.5. The normalized spacial score (nSPS) is 23.0. The highest BCUT2D eigenvalue weighted by Gasteiger charge is 2.44. The van der Waals surface area contributed by atoms with E-state index in [1.165, 1.54) is 67.7 Å². The number of piperidine rings is 2. The summed E-state index contributed by atoms with van der Waals surface area (Å²) >= 11 is 0. The van der Waals surface area contributed by atoms with Crippen LogP contribution in [0.4, 0.5) is 0 Å². The summed E-state index contributed by atoms with van der Waals surface area (Å²) < 4.78 is 0. The fourth-order valence-corrected chi connectivity index (χ4v) is 6.64. The molecule has 3 heterocycles. The zero-order chi connectivity index (χ0) is 27.2. The maximum Gasteiger partial charge on any atom is 0.0245 e. The number of hydrogen-bond acceptors (Lipinski definition) is 3. The minimum Gasteiger partial charge on any atom is -0.299 e. The van der Waals surface area contributed by atoms with Crippen LogP contribution < -0.4 is 0 Å². The topological polar surface area (TPSA) is 9.72 Å². The van der Waals surface area contributed by atoms with Gasteiger partial charge in [-0.15, -0.1) is 0 Å². The SMILES string of the molecule is CC(C)c1cccc(CN2C3CC2CN(C(C)C)C3)c1.CCc1cccc(CN2CCC(C(C)C)CC2)c1. The molecular formula is C35H55N3. The molecule has 0 N–H and O–H groups in total. The summed E-state index contributed by atoms with van der Waals surface area (Å²) in [5.74, 6) is 2.43. The van der Waals surface area contributed by atoms with Crippen molar-refractivity contribution in [1.29, 1.82) is 0 Å². The molecule has 0 aromatic heterocycles. The number of rotatable bonds is 8. The molecule has 2 atom stereocenters. The van der Waals surface area contributed by atoms with Crippen LogP contribution in [0, 0.1) is 11.8 Å². The lowest BCUT2D eigenvalue weighted by Crippen LogP contribution is -2.68. The molecular weight excluding hydrogens is 462 g/mol. The maximum atomic E-state index is 2.72. The molecule has 2 aromatic carbocycles. The minimum atomic E-state index is 0.627. The maximum absolute atomic E-state index is 2.72. The molecule has 5 rings (SSSR count). The van der Waals surface area contributed by atoms with Gasteiger partial charge in [0, 0.05) is 44.3 Å². The summed E-state index contributed by atoms with van der Waals surface area (Å²) in [5, 5.41) is 0. The van der Waals surface area contributed by atoms with E-state index in [4.69, 9.17) is 0 Å². The van der Waals surface area contributed by atoms with E-state index in [1.54, 1.807) is 0 Å². The molecule has 0 spiro atoms. The van der Waals surface area contributed by atoms with Gasteiger partial charge in [-0.3, -0.25) is 14.7 Å². The van der Waals surface area contributed by atoms with Gasteiger partial charge >= 0.3 is 0 Å². The van der Waals surface area contributed by atoms with Crippen LogP contribution in [0.1, 0.15) is 95.9 Å². The van der Waals surface area contributed by atoms with Crippen LogP contribution in [-0.4, -0.2) is 59.0 Å². The summed E-state index contributed by atoms with van der Waals surface area (Å²) in [6.07, 6.45) is 5.31. The first kappa shape index (κ1) is 29.3. The Morgan fingerprint density at radius 3 is 1.95 bits per heavy atom. The molecule has 2 aromatic rings. The van der Waals surface area contributed by atoms with Crippen LogP contribution in [-0.2, 0) is 19.5 Å². The first-order chi connectivity index (χ1) is 18.2. The lowest BCUT2D eigenvalue weighted by atomic mass is 9.86. The number of fused-ring (bicyclic) bond motifs is 2. The minimum absolute atomic E-state index is 0.627. The molecule has 0 aliphatic carbocycles. The van der Waals surface area contributed by atoms with Gasteiger partial charge in [-0.05, 0) is 92.6 Å². The van der Waals surface area contributed by atoms with E-state index in [9.17, 15) is 0 Å². The van der Waals surface area contributed by atoms with Crippen LogP contribution in [0.15, 0.2) is 48.5 Å². The number of aryl methyl sites for hydroxylation is 1. The van der Waals surface area contributed by atoms with Crippen molar-refractivity contribution in [3.8, 4) is 0 Å². The first-order valence-electron chi connectivity index (χ1n) is 15.6. The van der Waals surface area contributed by atoms with Gasteiger partial charge in [0.2, 0.25) is 0 Å². The third-order valence-electron chi connectivity index (χ3n) is 9.47. The Bertz CT molecular complexity index is 976. The molecule has 2 bridgehead atoms. The molecule has 3 nitrogen and oxygen atoms in total. The van der Waals surface area contributed by atoms with Gasteiger partial charge < -0.3 is 0 Å². The van der Waals surface area contributed by atoms with Crippen molar-refractivity contribution in [2.75, 3.05) is 26.2 Å². The van der Waals surface area contributed by atoms with Gasteiger partial charge in [0.25, 0.3) is 0 Å². The molecule has 38 heavy (non-hydrogen) atoms. The second-order valence-corrected chi connectivity index (χ2v) is 13.2. The van der Waals surface area contributed by atoms with Gasteiger partial charge in [0.15, 0.2) is 0 Å². The Hall–Kier alpha value is -1.68. The van der Waals surface area contributed by atoms with Crippen molar-refractivity contribution < 1.29 is 0 Å². The third kappa shape index (κ3) is 7.71. The second kappa shape index (κ2) is 13.6. The molecule has 0 saturated carbocycles. The van der Waals surface area contributed by atoms with Crippen LogP contribution >= 0.6 is 0 Å². The van der Waals surface area contributed by atoms with E-state index in [1.807, 2.05) is 0 Å². The van der Waals surface area contributed by atoms with E-state index in [0.29, 0.717) is 12.0 Å². The Balaban J connectivity index is 0.000000178. The Labute approximate surface area is 234 Å². The van der Waals surface area contributed by atoms with Crippen molar-refractivity contribution in [2.24, 2.45) is 11.8 Å². The van der Waals surface area contributed by atoms with E-state index in [0.717, 1.165) is 43.4 Å². The smallest absolute Gasteiger partial charge is 0.0245 e. The van der Waals surface area contributed by atoms with Gasteiger partial charge in [-0.2, -0.15) is 0 Å². The summed E-state index contributed by atoms with van der Waals surface area (Å²) in [5.41, 5.74) is 5.91. The van der Waals surface area contributed by atoms with Crippen LogP contribution in [0.3, 0.4) is 0 Å². The van der Waals surface area contributed by atoms with Crippen LogP contribution in [0.25, 0.3) is 0 Å². The van der Waals surface area contributed by atoms with Gasteiger partial charge in [0.1, 0.15) is 0 Å². The highest BCUT2D eigenvalue weighted by atomic mass is 15.4. The van der Waals surface area contributed by atoms with E-state index >= 15 is 0 Å². The predicted molar refractivity (Wildman–Crippen MR) is 164 cm³/mol. The molecule has 2 unspecified atom stereocenters. The molecule has 3 aliphatic rings. The average Bonchev–Trinajstić information content (AvgIpc) is 2.92. The molecule has 3 saturated heterocycles. The number of likely N-dealkylation sites (tertiary alicyclic amines) is 3. The van der Waals surface area contributed by atoms with Crippen molar-refractivity contribution in [2.45, 2.75) is 111 Å². The zero-order valence-electron chi connectivity index (χ0n) is 25.5. The molecule has 3 heteroatoms. The Morgan fingerprint density at radius 1 is 0.763 bits per heavy atom. The molecule has 210 valence electrons. The number of hydrogen-bond donors (Lipinski definition) is 0. The van der Waals surface area contributed by atoms with Crippen LogP contribution in [0.2, 0.25) is 0 Å². The van der Waals surface area contributed by atoms with E-state index in [-0.39, 0.29) is 0 Å². The van der Waals surface area contributed by atoms with E-state index in [2.05, 4.69) is 112 Å². The second-order valence-electron chi connectivity index (χ2n) is 13.2. The van der Waals surface area contributed by atoms with Gasteiger partial charge in [0.05, 0.1) is 0 Å².